The molecule has 0 amide bonds. The van der Waals surface area contributed by atoms with Crippen LogP contribution >= 0.6 is 0 Å². The Labute approximate surface area is 135 Å². The Morgan fingerprint density at radius 2 is 2.00 bits per heavy atom. The molecule has 0 unspecified atom stereocenters. The molecule has 0 saturated heterocycles. The average Bonchev–Trinajstić information content (AvgIpc) is 2.48. The summed E-state index contributed by atoms with van der Waals surface area (Å²) in [6, 6.07) is 6.23. The maximum atomic E-state index is 12.3. The molecule has 0 spiro atoms. The van der Waals surface area contributed by atoms with Crippen LogP contribution in [0.25, 0.3) is 10.9 Å². The molecule has 1 N–H and O–H groups in total. The third kappa shape index (κ3) is 3.92. The number of unbranched alkanes of at least 4 members (excludes halogenated alkanes) is 2. The van der Waals surface area contributed by atoms with Crippen LogP contribution < -0.4 is 10.3 Å². The van der Waals surface area contributed by atoms with Crippen molar-refractivity contribution in [2.45, 2.75) is 52.7 Å². The molecule has 0 atom stereocenters. The van der Waals surface area contributed by atoms with Gasteiger partial charge in [-0.1, -0.05) is 19.8 Å². The summed E-state index contributed by atoms with van der Waals surface area (Å²) < 4.78 is 7.49. The van der Waals surface area contributed by atoms with Crippen LogP contribution in [-0.4, -0.2) is 21.7 Å². The van der Waals surface area contributed by atoms with Gasteiger partial charge in [0.25, 0.3) is 5.56 Å². The van der Waals surface area contributed by atoms with Gasteiger partial charge in [-0.25, -0.2) is 4.79 Å². The molecule has 0 aliphatic carbocycles. The van der Waals surface area contributed by atoms with E-state index >= 15 is 0 Å². The summed E-state index contributed by atoms with van der Waals surface area (Å²) in [6.07, 6.45) is 2.90. The molecular formula is C18H23NO4. The minimum Gasteiger partial charge on any atom is -0.489 e. The summed E-state index contributed by atoms with van der Waals surface area (Å²) in [5.74, 6) is -0.562. The molecule has 0 aliphatic rings. The van der Waals surface area contributed by atoms with Gasteiger partial charge in [-0.15, -0.1) is 0 Å². The quantitative estimate of drug-likeness (QED) is 0.791. The molecular weight excluding hydrogens is 294 g/mol. The van der Waals surface area contributed by atoms with Crippen molar-refractivity contribution in [1.29, 1.82) is 0 Å². The van der Waals surface area contributed by atoms with Gasteiger partial charge in [0.2, 0.25) is 0 Å². The van der Waals surface area contributed by atoms with Crippen LogP contribution in [-0.2, 0) is 6.54 Å². The normalized spacial score (nSPS) is 11.1. The lowest BCUT2D eigenvalue weighted by molar-refractivity contribution is 0.0696. The summed E-state index contributed by atoms with van der Waals surface area (Å²) >= 11 is 0. The monoisotopic (exact) mass is 317 g/mol. The van der Waals surface area contributed by atoms with Gasteiger partial charge in [-0.05, 0) is 38.5 Å². The molecule has 2 rings (SSSR count). The van der Waals surface area contributed by atoms with E-state index in [0.717, 1.165) is 19.3 Å². The first-order chi connectivity index (χ1) is 10.9. The largest absolute Gasteiger partial charge is 0.489 e. The van der Waals surface area contributed by atoms with Gasteiger partial charge in [-0.3, -0.25) is 4.79 Å². The standard InChI is InChI=1S/C18H23NO4/c1-4-5-6-9-19-16(20)8-7-13-10-14(18(21)22)11-15(17(13)19)23-12(2)3/h7-8,10-12H,4-6,9H2,1-3H3,(H,21,22). The van der Waals surface area contributed by atoms with Crippen molar-refractivity contribution in [2.24, 2.45) is 0 Å². The molecule has 5 heteroatoms. The van der Waals surface area contributed by atoms with E-state index in [1.54, 1.807) is 16.7 Å². The molecule has 0 fully saturated rings. The van der Waals surface area contributed by atoms with E-state index in [-0.39, 0.29) is 17.2 Å². The summed E-state index contributed by atoms with van der Waals surface area (Å²) in [4.78, 5) is 23.6. The van der Waals surface area contributed by atoms with Crippen LogP contribution in [0.5, 0.6) is 5.75 Å². The zero-order chi connectivity index (χ0) is 17.0. The van der Waals surface area contributed by atoms with Gasteiger partial charge >= 0.3 is 5.97 Å². The van der Waals surface area contributed by atoms with Gasteiger partial charge in [0.05, 0.1) is 17.2 Å². The fourth-order valence-corrected chi connectivity index (χ4v) is 2.62. The van der Waals surface area contributed by atoms with Crippen molar-refractivity contribution < 1.29 is 14.6 Å². The number of ether oxygens (including phenoxy) is 1. The van der Waals surface area contributed by atoms with E-state index < -0.39 is 5.97 Å². The number of carbonyl (C=O) groups is 1. The lowest BCUT2D eigenvalue weighted by Crippen LogP contribution is -2.21. The Morgan fingerprint density at radius 1 is 1.26 bits per heavy atom. The van der Waals surface area contributed by atoms with Crippen molar-refractivity contribution in [3.05, 3.63) is 40.2 Å². The SMILES string of the molecule is CCCCCn1c(=O)ccc2cc(C(=O)O)cc(OC(C)C)c21. The lowest BCUT2D eigenvalue weighted by Gasteiger charge is -2.17. The van der Waals surface area contributed by atoms with E-state index in [1.165, 1.54) is 12.1 Å². The maximum absolute atomic E-state index is 12.3. The third-order valence-electron chi connectivity index (χ3n) is 3.64. The summed E-state index contributed by atoms with van der Waals surface area (Å²) in [7, 11) is 0. The molecule has 5 nitrogen and oxygen atoms in total. The number of fused-ring (bicyclic) bond motifs is 1. The van der Waals surface area contributed by atoms with Gasteiger partial charge < -0.3 is 14.4 Å². The van der Waals surface area contributed by atoms with E-state index in [4.69, 9.17) is 4.74 Å². The first-order valence-electron chi connectivity index (χ1n) is 8.01. The Hall–Kier alpha value is -2.30. The number of rotatable bonds is 7. The number of benzene rings is 1. The number of carboxylic acids is 1. The molecule has 0 aliphatic heterocycles. The van der Waals surface area contributed by atoms with Crippen molar-refractivity contribution in [1.82, 2.24) is 4.57 Å². The van der Waals surface area contributed by atoms with Crippen molar-refractivity contribution >= 4 is 16.9 Å². The highest BCUT2D eigenvalue weighted by Crippen LogP contribution is 2.28. The molecule has 0 saturated carbocycles. The van der Waals surface area contributed by atoms with Crippen molar-refractivity contribution in [3.63, 3.8) is 0 Å². The average molecular weight is 317 g/mol. The van der Waals surface area contributed by atoms with Crippen LogP contribution in [0.3, 0.4) is 0 Å². The molecule has 1 aromatic carbocycles. The Balaban J connectivity index is 2.66. The zero-order valence-corrected chi connectivity index (χ0v) is 13.8. The maximum Gasteiger partial charge on any atom is 0.335 e. The van der Waals surface area contributed by atoms with E-state index in [1.807, 2.05) is 13.8 Å². The summed E-state index contributed by atoms with van der Waals surface area (Å²) in [5.41, 5.74) is 0.740. The second-order valence-corrected chi connectivity index (χ2v) is 5.91. The third-order valence-corrected chi connectivity index (χ3v) is 3.64. The topological polar surface area (TPSA) is 68.5 Å². The molecule has 1 aromatic heterocycles. The van der Waals surface area contributed by atoms with Crippen LogP contribution in [0, 0.1) is 0 Å². The van der Waals surface area contributed by atoms with Gasteiger partial charge in [0.1, 0.15) is 5.75 Å². The van der Waals surface area contributed by atoms with Crippen LogP contribution in [0.15, 0.2) is 29.1 Å². The first-order valence-corrected chi connectivity index (χ1v) is 8.01. The Morgan fingerprint density at radius 3 is 2.61 bits per heavy atom. The van der Waals surface area contributed by atoms with Crippen molar-refractivity contribution in [2.75, 3.05) is 0 Å². The fourth-order valence-electron chi connectivity index (χ4n) is 2.62. The second-order valence-electron chi connectivity index (χ2n) is 5.91. The lowest BCUT2D eigenvalue weighted by atomic mass is 10.1. The van der Waals surface area contributed by atoms with Crippen LogP contribution in [0.4, 0.5) is 0 Å². The number of nitrogens with zero attached hydrogens (tertiary/aromatic N) is 1. The van der Waals surface area contributed by atoms with Crippen LogP contribution in [0.1, 0.15) is 50.4 Å². The van der Waals surface area contributed by atoms with E-state index in [0.29, 0.717) is 23.2 Å². The number of aryl methyl sites for hydroxylation is 1. The van der Waals surface area contributed by atoms with E-state index in [9.17, 15) is 14.7 Å². The number of pyridine rings is 1. The van der Waals surface area contributed by atoms with Crippen molar-refractivity contribution in [3.8, 4) is 5.75 Å². The highest BCUT2D eigenvalue weighted by Gasteiger charge is 2.15. The minimum atomic E-state index is -1.01. The number of carboxylic acid groups (broad SMARTS) is 1. The van der Waals surface area contributed by atoms with Gasteiger partial charge in [0, 0.05) is 18.0 Å². The van der Waals surface area contributed by atoms with Crippen LogP contribution in [0.2, 0.25) is 0 Å². The van der Waals surface area contributed by atoms with E-state index in [2.05, 4.69) is 6.92 Å². The van der Waals surface area contributed by atoms with Gasteiger partial charge in [-0.2, -0.15) is 0 Å². The highest BCUT2D eigenvalue weighted by molar-refractivity contribution is 5.96. The second kappa shape index (κ2) is 7.31. The predicted octanol–water partition coefficient (Wildman–Crippen LogP) is 3.68. The first kappa shape index (κ1) is 17.1. The molecule has 124 valence electrons. The zero-order valence-electron chi connectivity index (χ0n) is 13.8. The number of hydrogen-bond acceptors (Lipinski definition) is 3. The number of hydrogen-bond donors (Lipinski definition) is 1. The smallest absolute Gasteiger partial charge is 0.335 e. The molecule has 23 heavy (non-hydrogen) atoms. The minimum absolute atomic E-state index is 0.0923. The molecule has 0 bridgehead atoms. The highest BCUT2D eigenvalue weighted by atomic mass is 16.5. The molecule has 1 heterocycles. The summed E-state index contributed by atoms with van der Waals surface area (Å²) in [6.45, 7) is 6.46. The molecule has 2 aromatic rings. The Bertz CT molecular complexity index is 761. The predicted molar refractivity (Wildman–Crippen MR) is 90.5 cm³/mol. The molecule has 0 radical (unpaired) electrons. The fraction of sp³-hybridized carbons (Fsp3) is 0.444. The Kier molecular flexibility index (Phi) is 5.42. The number of aromatic carboxylic acids is 1. The van der Waals surface area contributed by atoms with Gasteiger partial charge in [0.15, 0.2) is 0 Å². The summed E-state index contributed by atoms with van der Waals surface area (Å²) in [5, 5.41) is 9.98. The number of aromatic nitrogens is 1.